The lowest BCUT2D eigenvalue weighted by Gasteiger charge is -2.25. The summed E-state index contributed by atoms with van der Waals surface area (Å²) in [4.78, 5) is 0. The molecule has 1 atom stereocenters. The molecule has 3 heteroatoms. The summed E-state index contributed by atoms with van der Waals surface area (Å²) >= 11 is 0. The topological polar surface area (TPSA) is 32.3 Å². The molecule has 1 unspecified atom stereocenters. The largest absolute Gasteiger partial charge is 0.384 e. The van der Waals surface area contributed by atoms with E-state index >= 15 is 0 Å². The van der Waals surface area contributed by atoms with E-state index in [0.29, 0.717) is 12.6 Å². The Bertz CT molecular complexity index is 306. The molecule has 0 saturated heterocycles. The summed E-state index contributed by atoms with van der Waals surface area (Å²) in [6.45, 7) is 6.20. The lowest BCUT2D eigenvalue weighted by Crippen LogP contribution is -2.38. The van der Waals surface area contributed by atoms with Gasteiger partial charge in [-0.25, -0.2) is 4.39 Å². The van der Waals surface area contributed by atoms with Crippen LogP contribution in [0.5, 0.6) is 0 Å². The number of rotatable bonds is 4. The lowest BCUT2D eigenvalue weighted by atomic mass is 9.96. The highest BCUT2D eigenvalue weighted by molar-refractivity contribution is 5.22. The summed E-state index contributed by atoms with van der Waals surface area (Å²) in [5, 5.41) is 13.3. The van der Waals surface area contributed by atoms with Gasteiger partial charge in [0.15, 0.2) is 0 Å². The van der Waals surface area contributed by atoms with Gasteiger partial charge in [-0.15, -0.1) is 0 Å². The Kier molecular flexibility index (Phi) is 3.83. The van der Waals surface area contributed by atoms with Crippen molar-refractivity contribution < 1.29 is 9.50 Å². The van der Waals surface area contributed by atoms with Crippen LogP contribution in [0.2, 0.25) is 0 Å². The smallest absolute Gasteiger partial charge is 0.123 e. The number of aliphatic hydroxyl groups is 1. The van der Waals surface area contributed by atoms with Crippen molar-refractivity contribution in [1.29, 1.82) is 0 Å². The molecule has 0 aromatic heterocycles. The minimum absolute atomic E-state index is 0.286. The van der Waals surface area contributed by atoms with Gasteiger partial charge >= 0.3 is 0 Å². The number of hydrogen-bond acceptors (Lipinski definition) is 2. The van der Waals surface area contributed by atoms with Crippen molar-refractivity contribution in [3.05, 3.63) is 35.6 Å². The highest BCUT2D eigenvalue weighted by Crippen LogP contribution is 2.19. The fourth-order valence-electron chi connectivity index (χ4n) is 1.31. The van der Waals surface area contributed by atoms with E-state index in [-0.39, 0.29) is 5.82 Å². The molecule has 0 amide bonds. The highest BCUT2D eigenvalue weighted by Gasteiger charge is 2.22. The molecule has 0 aliphatic rings. The van der Waals surface area contributed by atoms with Crippen molar-refractivity contribution in [3.8, 4) is 0 Å². The third-order valence-electron chi connectivity index (χ3n) is 2.32. The summed E-state index contributed by atoms with van der Waals surface area (Å²) < 4.78 is 12.7. The summed E-state index contributed by atoms with van der Waals surface area (Å²) in [6, 6.07) is 6.25. The molecule has 0 bridgehead atoms. The van der Waals surface area contributed by atoms with Crippen LogP contribution in [0.15, 0.2) is 24.3 Å². The van der Waals surface area contributed by atoms with Crippen LogP contribution in [0.4, 0.5) is 4.39 Å². The predicted molar refractivity (Wildman–Crippen MR) is 59.1 cm³/mol. The average molecular weight is 211 g/mol. The van der Waals surface area contributed by atoms with Crippen LogP contribution in [0.3, 0.4) is 0 Å². The normalized spacial score (nSPS) is 15.3. The van der Waals surface area contributed by atoms with E-state index in [4.69, 9.17) is 0 Å². The second-order valence-corrected chi connectivity index (χ2v) is 4.32. The van der Waals surface area contributed by atoms with Gasteiger partial charge in [-0.2, -0.15) is 0 Å². The summed E-state index contributed by atoms with van der Waals surface area (Å²) in [5.41, 5.74) is -0.241. The molecule has 0 aliphatic heterocycles. The van der Waals surface area contributed by atoms with Gasteiger partial charge in [-0.3, -0.25) is 0 Å². The van der Waals surface area contributed by atoms with Crippen molar-refractivity contribution in [1.82, 2.24) is 5.32 Å². The van der Waals surface area contributed by atoms with Crippen molar-refractivity contribution in [2.45, 2.75) is 32.4 Å². The molecule has 0 fully saturated rings. The molecule has 1 rings (SSSR count). The minimum Gasteiger partial charge on any atom is -0.384 e. The van der Waals surface area contributed by atoms with E-state index in [0.717, 1.165) is 5.56 Å². The second kappa shape index (κ2) is 4.73. The summed E-state index contributed by atoms with van der Waals surface area (Å²) in [7, 11) is 0. The maximum Gasteiger partial charge on any atom is 0.123 e. The zero-order chi connectivity index (χ0) is 11.5. The first kappa shape index (κ1) is 12.1. The van der Waals surface area contributed by atoms with Gasteiger partial charge in [-0.05, 0) is 24.6 Å². The molecule has 15 heavy (non-hydrogen) atoms. The molecule has 0 saturated carbocycles. The molecule has 84 valence electrons. The first-order chi connectivity index (χ1) is 6.92. The monoisotopic (exact) mass is 211 g/mol. The van der Waals surface area contributed by atoms with Gasteiger partial charge in [0, 0.05) is 12.6 Å². The molecule has 0 heterocycles. The van der Waals surface area contributed by atoms with Gasteiger partial charge < -0.3 is 10.4 Å². The Labute approximate surface area is 90.1 Å². The number of halogens is 1. The van der Waals surface area contributed by atoms with E-state index < -0.39 is 5.60 Å². The Balaban J connectivity index is 2.72. The lowest BCUT2D eigenvalue weighted by molar-refractivity contribution is 0.0549. The standard InChI is InChI=1S/C12H18FNO/c1-9(2)14-8-12(3,15)10-4-6-11(13)7-5-10/h4-7,9,14-15H,8H2,1-3H3. The third-order valence-corrected chi connectivity index (χ3v) is 2.32. The molecule has 0 radical (unpaired) electrons. The SMILES string of the molecule is CC(C)NCC(C)(O)c1ccc(F)cc1. The molecular formula is C12H18FNO. The Morgan fingerprint density at radius 2 is 1.87 bits per heavy atom. The van der Waals surface area contributed by atoms with Crippen LogP contribution in [0.1, 0.15) is 26.3 Å². The highest BCUT2D eigenvalue weighted by atomic mass is 19.1. The summed E-state index contributed by atoms with van der Waals surface area (Å²) in [5.74, 6) is -0.286. The molecule has 0 spiro atoms. The fraction of sp³-hybridized carbons (Fsp3) is 0.500. The van der Waals surface area contributed by atoms with Crippen molar-refractivity contribution in [2.75, 3.05) is 6.54 Å². The zero-order valence-electron chi connectivity index (χ0n) is 9.42. The first-order valence-electron chi connectivity index (χ1n) is 5.13. The van der Waals surface area contributed by atoms with Crippen molar-refractivity contribution in [2.24, 2.45) is 0 Å². The van der Waals surface area contributed by atoms with Crippen LogP contribution in [-0.2, 0) is 5.60 Å². The Morgan fingerprint density at radius 3 is 2.33 bits per heavy atom. The van der Waals surface area contributed by atoms with E-state index in [1.54, 1.807) is 19.1 Å². The summed E-state index contributed by atoms with van der Waals surface area (Å²) in [6.07, 6.45) is 0. The molecular weight excluding hydrogens is 193 g/mol. The first-order valence-corrected chi connectivity index (χ1v) is 5.13. The van der Waals surface area contributed by atoms with Crippen molar-refractivity contribution in [3.63, 3.8) is 0 Å². The van der Waals surface area contributed by atoms with E-state index in [1.165, 1.54) is 12.1 Å². The molecule has 1 aromatic carbocycles. The second-order valence-electron chi connectivity index (χ2n) is 4.32. The fourth-order valence-corrected chi connectivity index (χ4v) is 1.31. The van der Waals surface area contributed by atoms with Crippen LogP contribution in [0, 0.1) is 5.82 Å². The van der Waals surface area contributed by atoms with Crippen LogP contribution in [0.25, 0.3) is 0 Å². The van der Waals surface area contributed by atoms with Crippen molar-refractivity contribution >= 4 is 0 Å². The maximum atomic E-state index is 12.7. The van der Waals surface area contributed by atoms with Gasteiger partial charge in [0.25, 0.3) is 0 Å². The molecule has 2 N–H and O–H groups in total. The van der Waals surface area contributed by atoms with Crippen LogP contribution in [-0.4, -0.2) is 17.7 Å². The van der Waals surface area contributed by atoms with Gasteiger partial charge in [0.05, 0.1) is 5.60 Å². The minimum atomic E-state index is -0.960. The number of benzene rings is 1. The number of nitrogens with one attached hydrogen (secondary N) is 1. The van der Waals surface area contributed by atoms with E-state index in [9.17, 15) is 9.50 Å². The third kappa shape index (κ3) is 3.61. The number of hydrogen-bond donors (Lipinski definition) is 2. The van der Waals surface area contributed by atoms with Crippen LogP contribution >= 0.6 is 0 Å². The van der Waals surface area contributed by atoms with Gasteiger partial charge in [0.1, 0.15) is 5.82 Å². The quantitative estimate of drug-likeness (QED) is 0.798. The van der Waals surface area contributed by atoms with Crippen LogP contribution < -0.4 is 5.32 Å². The van der Waals surface area contributed by atoms with Gasteiger partial charge in [-0.1, -0.05) is 26.0 Å². The van der Waals surface area contributed by atoms with Gasteiger partial charge in [0.2, 0.25) is 0 Å². The van der Waals surface area contributed by atoms with E-state index in [2.05, 4.69) is 5.32 Å². The predicted octanol–water partition coefficient (Wildman–Crippen LogP) is 2.03. The maximum absolute atomic E-state index is 12.7. The Hall–Kier alpha value is -0.930. The Morgan fingerprint density at radius 1 is 1.33 bits per heavy atom. The molecule has 2 nitrogen and oxygen atoms in total. The molecule has 1 aromatic rings. The van der Waals surface area contributed by atoms with E-state index in [1.807, 2.05) is 13.8 Å². The molecule has 0 aliphatic carbocycles. The zero-order valence-corrected chi connectivity index (χ0v) is 9.42. The average Bonchev–Trinajstić information content (AvgIpc) is 2.16.